The molecule has 0 spiro atoms. The maximum atomic E-state index is 4.82. The normalized spacial score (nSPS) is 15.2. The molecular formula is C13H23N3S. The van der Waals surface area contributed by atoms with Gasteiger partial charge in [0.1, 0.15) is 0 Å². The molecule has 1 aliphatic rings. The van der Waals surface area contributed by atoms with E-state index < -0.39 is 0 Å². The molecule has 0 bridgehead atoms. The molecule has 1 saturated carbocycles. The highest BCUT2D eigenvalue weighted by Crippen LogP contribution is 2.34. The van der Waals surface area contributed by atoms with Gasteiger partial charge in [0.05, 0.1) is 5.69 Å². The number of aromatic nitrogens is 1. The number of rotatable bonds is 7. The second kappa shape index (κ2) is 5.83. The van der Waals surface area contributed by atoms with E-state index in [1.54, 1.807) is 0 Å². The van der Waals surface area contributed by atoms with E-state index in [-0.39, 0.29) is 0 Å². The van der Waals surface area contributed by atoms with E-state index in [9.17, 15) is 0 Å². The van der Waals surface area contributed by atoms with E-state index >= 15 is 0 Å². The van der Waals surface area contributed by atoms with Gasteiger partial charge in [0.2, 0.25) is 0 Å². The Morgan fingerprint density at radius 3 is 2.76 bits per heavy atom. The highest BCUT2D eigenvalue weighted by atomic mass is 32.1. The van der Waals surface area contributed by atoms with E-state index in [1.807, 2.05) is 11.3 Å². The van der Waals surface area contributed by atoms with Crippen molar-refractivity contribution in [1.82, 2.24) is 10.3 Å². The van der Waals surface area contributed by atoms with Gasteiger partial charge in [-0.25, -0.2) is 4.98 Å². The molecule has 17 heavy (non-hydrogen) atoms. The first-order valence-corrected chi connectivity index (χ1v) is 7.50. The number of anilines is 1. The van der Waals surface area contributed by atoms with Gasteiger partial charge in [0.25, 0.3) is 0 Å². The highest BCUT2D eigenvalue weighted by molar-refractivity contribution is 7.15. The first kappa shape index (κ1) is 12.8. The molecule has 0 aliphatic heterocycles. The Labute approximate surface area is 108 Å². The average Bonchev–Trinajstić information content (AvgIpc) is 3.09. The van der Waals surface area contributed by atoms with Gasteiger partial charge in [0.15, 0.2) is 5.13 Å². The van der Waals surface area contributed by atoms with E-state index in [0.29, 0.717) is 0 Å². The average molecular weight is 253 g/mol. The summed E-state index contributed by atoms with van der Waals surface area (Å²) in [5.74, 6) is 0. The second-order valence-corrected chi connectivity index (χ2v) is 5.80. The number of nitrogens with one attached hydrogen (secondary N) is 1. The molecule has 3 nitrogen and oxygen atoms in total. The Bertz CT molecular complexity index is 358. The molecule has 96 valence electrons. The topological polar surface area (TPSA) is 28.2 Å². The summed E-state index contributed by atoms with van der Waals surface area (Å²) in [6, 6.07) is 0.752. The Balaban J connectivity index is 2.10. The molecule has 1 fully saturated rings. The third kappa shape index (κ3) is 3.19. The predicted octanol–water partition coefficient (Wildman–Crippen LogP) is 2.80. The minimum Gasteiger partial charge on any atom is -0.348 e. The Hall–Kier alpha value is -0.610. The lowest BCUT2D eigenvalue weighted by atomic mass is 10.2. The van der Waals surface area contributed by atoms with E-state index in [1.165, 1.54) is 35.0 Å². The third-order valence-electron chi connectivity index (χ3n) is 3.19. The predicted molar refractivity (Wildman–Crippen MR) is 74.9 cm³/mol. The highest BCUT2D eigenvalue weighted by Gasteiger charge is 2.28. The van der Waals surface area contributed by atoms with Crippen LogP contribution in [0.15, 0.2) is 0 Å². The van der Waals surface area contributed by atoms with Crippen molar-refractivity contribution in [1.29, 1.82) is 0 Å². The minimum absolute atomic E-state index is 0.752. The van der Waals surface area contributed by atoms with Crippen molar-refractivity contribution in [2.75, 3.05) is 18.5 Å². The van der Waals surface area contributed by atoms with Crippen molar-refractivity contribution in [2.24, 2.45) is 0 Å². The van der Waals surface area contributed by atoms with Crippen LogP contribution < -0.4 is 10.2 Å². The lowest BCUT2D eigenvalue weighted by molar-refractivity contribution is 0.723. The van der Waals surface area contributed by atoms with Crippen LogP contribution in [0.1, 0.15) is 43.7 Å². The lowest BCUT2D eigenvalue weighted by Crippen LogP contribution is -2.18. The zero-order chi connectivity index (χ0) is 12.3. The van der Waals surface area contributed by atoms with Gasteiger partial charge in [-0.3, -0.25) is 0 Å². The number of thiazole rings is 1. The van der Waals surface area contributed by atoms with Crippen molar-refractivity contribution < 1.29 is 0 Å². The second-order valence-electron chi connectivity index (χ2n) is 4.74. The molecule has 0 saturated heterocycles. The summed E-state index contributed by atoms with van der Waals surface area (Å²) in [6.45, 7) is 6.37. The molecule has 0 atom stereocenters. The smallest absolute Gasteiger partial charge is 0.185 e. The van der Waals surface area contributed by atoms with Crippen LogP contribution >= 0.6 is 11.3 Å². The standard InChI is InChI=1S/C13H23N3S/c1-4-6-11-12(9-14-5-2)17-13(15-11)16(3)10-7-8-10/h10,14H,4-9H2,1-3H3. The Morgan fingerprint density at radius 1 is 1.41 bits per heavy atom. The van der Waals surface area contributed by atoms with Crippen molar-refractivity contribution >= 4 is 16.5 Å². The summed E-state index contributed by atoms with van der Waals surface area (Å²) in [4.78, 5) is 8.61. The molecule has 0 aromatic carbocycles. The van der Waals surface area contributed by atoms with E-state index in [4.69, 9.17) is 4.98 Å². The van der Waals surface area contributed by atoms with Crippen LogP contribution in [-0.4, -0.2) is 24.6 Å². The van der Waals surface area contributed by atoms with Crippen LogP contribution in [0.5, 0.6) is 0 Å². The maximum absolute atomic E-state index is 4.82. The van der Waals surface area contributed by atoms with Gasteiger partial charge in [-0.1, -0.05) is 20.3 Å². The van der Waals surface area contributed by atoms with Gasteiger partial charge in [-0.2, -0.15) is 0 Å². The molecule has 0 amide bonds. The molecular weight excluding hydrogens is 230 g/mol. The Morgan fingerprint density at radius 2 is 2.18 bits per heavy atom. The molecule has 4 heteroatoms. The SMILES string of the molecule is CCCc1nc(N(C)C2CC2)sc1CNCC. The molecule has 1 aromatic heterocycles. The summed E-state index contributed by atoms with van der Waals surface area (Å²) in [7, 11) is 2.18. The summed E-state index contributed by atoms with van der Waals surface area (Å²) >= 11 is 1.87. The number of hydrogen-bond acceptors (Lipinski definition) is 4. The van der Waals surface area contributed by atoms with Crippen molar-refractivity contribution in [3.05, 3.63) is 10.6 Å². The Kier molecular flexibility index (Phi) is 4.40. The fraction of sp³-hybridized carbons (Fsp3) is 0.769. The third-order valence-corrected chi connectivity index (χ3v) is 4.37. The number of hydrogen-bond donors (Lipinski definition) is 1. The van der Waals surface area contributed by atoms with Crippen LogP contribution in [0.3, 0.4) is 0 Å². The van der Waals surface area contributed by atoms with Crippen LogP contribution in [0.2, 0.25) is 0 Å². The first-order valence-electron chi connectivity index (χ1n) is 6.68. The van der Waals surface area contributed by atoms with E-state index in [0.717, 1.165) is 25.6 Å². The van der Waals surface area contributed by atoms with Gasteiger partial charge in [0, 0.05) is 24.5 Å². The molecule has 0 unspecified atom stereocenters. The van der Waals surface area contributed by atoms with Gasteiger partial charge in [-0.05, 0) is 25.8 Å². The molecule has 1 heterocycles. The molecule has 1 aliphatic carbocycles. The van der Waals surface area contributed by atoms with Crippen LogP contribution in [0.4, 0.5) is 5.13 Å². The summed E-state index contributed by atoms with van der Waals surface area (Å²) < 4.78 is 0. The fourth-order valence-corrected chi connectivity index (χ4v) is 3.06. The first-order chi connectivity index (χ1) is 8.26. The van der Waals surface area contributed by atoms with Crippen LogP contribution in [0, 0.1) is 0 Å². The van der Waals surface area contributed by atoms with Crippen molar-refractivity contribution in [3.8, 4) is 0 Å². The van der Waals surface area contributed by atoms with Crippen molar-refractivity contribution in [2.45, 2.75) is 52.1 Å². The number of nitrogens with zero attached hydrogens (tertiary/aromatic N) is 2. The summed E-state index contributed by atoms with van der Waals surface area (Å²) in [5.41, 5.74) is 1.31. The fourth-order valence-electron chi connectivity index (χ4n) is 1.95. The molecule has 0 radical (unpaired) electrons. The van der Waals surface area contributed by atoms with Crippen molar-refractivity contribution in [3.63, 3.8) is 0 Å². The summed E-state index contributed by atoms with van der Waals surface area (Å²) in [5, 5.41) is 4.62. The van der Waals surface area contributed by atoms with Gasteiger partial charge in [-0.15, -0.1) is 11.3 Å². The number of aryl methyl sites for hydroxylation is 1. The van der Waals surface area contributed by atoms with Gasteiger partial charge >= 0.3 is 0 Å². The largest absolute Gasteiger partial charge is 0.348 e. The molecule has 1 N–H and O–H groups in total. The maximum Gasteiger partial charge on any atom is 0.185 e. The monoisotopic (exact) mass is 253 g/mol. The molecule has 2 rings (SSSR count). The zero-order valence-electron chi connectivity index (χ0n) is 11.1. The van der Waals surface area contributed by atoms with Crippen LogP contribution in [-0.2, 0) is 13.0 Å². The lowest BCUT2D eigenvalue weighted by Gasteiger charge is -2.13. The minimum atomic E-state index is 0.752. The molecule has 1 aromatic rings. The summed E-state index contributed by atoms with van der Waals surface area (Å²) in [6.07, 6.45) is 4.95. The van der Waals surface area contributed by atoms with Gasteiger partial charge < -0.3 is 10.2 Å². The quantitative estimate of drug-likeness (QED) is 0.810. The van der Waals surface area contributed by atoms with E-state index in [2.05, 4.69) is 31.1 Å². The zero-order valence-corrected chi connectivity index (χ0v) is 11.9. The van der Waals surface area contributed by atoms with Crippen LogP contribution in [0.25, 0.3) is 0 Å².